The van der Waals surface area contributed by atoms with Crippen molar-refractivity contribution in [3.63, 3.8) is 0 Å². The van der Waals surface area contributed by atoms with E-state index in [0.29, 0.717) is 34.7 Å². The first-order valence-corrected chi connectivity index (χ1v) is 12.5. The fraction of sp³-hybridized carbons (Fsp3) is 0.250. The van der Waals surface area contributed by atoms with E-state index < -0.39 is 10.0 Å². The van der Waals surface area contributed by atoms with Gasteiger partial charge < -0.3 is 5.32 Å². The van der Waals surface area contributed by atoms with Crippen molar-refractivity contribution in [2.75, 3.05) is 18.4 Å². The van der Waals surface area contributed by atoms with E-state index in [1.807, 2.05) is 30.3 Å². The summed E-state index contributed by atoms with van der Waals surface area (Å²) in [6, 6.07) is 16.1. The lowest BCUT2D eigenvalue weighted by atomic mass is 10.2. The second kappa shape index (κ2) is 9.25. The molecule has 0 aliphatic carbocycles. The molecule has 1 fully saturated rings. The zero-order chi connectivity index (χ0) is 21.0. The molecular weight excluding hydrogens is 440 g/mol. The van der Waals surface area contributed by atoms with E-state index >= 15 is 0 Å². The van der Waals surface area contributed by atoms with Crippen molar-refractivity contribution in [2.24, 2.45) is 0 Å². The van der Waals surface area contributed by atoms with Gasteiger partial charge in [-0.05, 0) is 42.3 Å². The largest absolute Gasteiger partial charge is 0.356 e. The van der Waals surface area contributed by atoms with Gasteiger partial charge >= 0.3 is 0 Å². The van der Waals surface area contributed by atoms with Gasteiger partial charge in [-0.3, -0.25) is 4.79 Å². The maximum atomic E-state index is 12.7. The molecule has 1 aliphatic heterocycles. The smallest absolute Gasteiger partial charge is 0.243 e. The molecule has 2 aromatic carbocycles. The Labute approximate surface area is 183 Å². The highest BCUT2D eigenvalue weighted by atomic mass is 32.2. The average Bonchev–Trinajstić information content (AvgIpc) is 3.46. The Kier molecular flexibility index (Phi) is 6.47. The standard InChI is InChI=1S/C20H20N4O3S3/c25-18(16-9-6-10-17(13-16)30(26,27)24-11-4-5-12-24)28-20-23-22-19(29-20)21-14-15-7-2-1-3-8-15/h1-3,6-10,13H,4-5,11-12,14H2,(H,21,22). The quantitative estimate of drug-likeness (QED) is 0.535. The molecule has 30 heavy (non-hydrogen) atoms. The lowest BCUT2D eigenvalue weighted by molar-refractivity contribution is 0.108. The first-order valence-electron chi connectivity index (χ1n) is 9.46. The summed E-state index contributed by atoms with van der Waals surface area (Å²) in [6.07, 6.45) is 1.73. The molecule has 0 saturated carbocycles. The van der Waals surface area contributed by atoms with Gasteiger partial charge in [-0.2, -0.15) is 4.31 Å². The van der Waals surface area contributed by atoms with Crippen molar-refractivity contribution in [3.8, 4) is 0 Å². The average molecular weight is 461 g/mol. The zero-order valence-corrected chi connectivity index (χ0v) is 18.5. The summed E-state index contributed by atoms with van der Waals surface area (Å²) in [5.41, 5.74) is 1.45. The van der Waals surface area contributed by atoms with Gasteiger partial charge in [0.2, 0.25) is 20.3 Å². The lowest BCUT2D eigenvalue weighted by Gasteiger charge is -2.15. The van der Waals surface area contributed by atoms with Gasteiger partial charge in [0.25, 0.3) is 0 Å². The van der Waals surface area contributed by atoms with E-state index in [1.165, 1.54) is 27.8 Å². The molecule has 156 valence electrons. The van der Waals surface area contributed by atoms with Gasteiger partial charge in [-0.25, -0.2) is 8.42 Å². The number of aromatic nitrogens is 2. The highest BCUT2D eigenvalue weighted by Crippen LogP contribution is 2.30. The number of carbonyl (C=O) groups is 1. The van der Waals surface area contributed by atoms with Crippen molar-refractivity contribution in [1.82, 2.24) is 14.5 Å². The van der Waals surface area contributed by atoms with Crippen LogP contribution in [0.4, 0.5) is 5.13 Å². The minimum Gasteiger partial charge on any atom is -0.356 e. The number of hydrogen-bond donors (Lipinski definition) is 1. The Balaban J connectivity index is 1.41. The summed E-state index contributed by atoms with van der Waals surface area (Å²) < 4.78 is 27.5. The number of nitrogens with zero attached hydrogens (tertiary/aromatic N) is 3. The fourth-order valence-electron chi connectivity index (χ4n) is 3.10. The first-order chi connectivity index (χ1) is 14.5. The van der Waals surface area contributed by atoms with Crippen LogP contribution in [-0.2, 0) is 16.6 Å². The molecule has 1 aliphatic rings. The fourth-order valence-corrected chi connectivity index (χ4v) is 6.25. The molecule has 0 amide bonds. The minimum atomic E-state index is -3.56. The van der Waals surface area contributed by atoms with Crippen LogP contribution in [0.3, 0.4) is 0 Å². The van der Waals surface area contributed by atoms with Crippen LogP contribution in [0, 0.1) is 0 Å². The van der Waals surface area contributed by atoms with Crippen LogP contribution in [0.15, 0.2) is 63.8 Å². The Bertz CT molecular complexity index is 1130. The number of thioether (sulfide) groups is 1. The molecule has 3 aromatic rings. The first kappa shape index (κ1) is 21.0. The zero-order valence-electron chi connectivity index (χ0n) is 16.0. The van der Waals surface area contributed by atoms with E-state index in [0.717, 1.165) is 30.2 Å². The summed E-state index contributed by atoms with van der Waals surface area (Å²) in [4.78, 5) is 12.8. The Hall–Kier alpha value is -2.27. The molecule has 0 bridgehead atoms. The minimum absolute atomic E-state index is 0.151. The molecule has 0 spiro atoms. The molecule has 1 N–H and O–H groups in total. The number of hydrogen-bond acceptors (Lipinski definition) is 8. The maximum absolute atomic E-state index is 12.7. The Morgan fingerprint density at radius 3 is 2.60 bits per heavy atom. The van der Waals surface area contributed by atoms with E-state index in [-0.39, 0.29) is 10.0 Å². The van der Waals surface area contributed by atoms with Crippen LogP contribution in [0.2, 0.25) is 0 Å². The molecule has 10 heteroatoms. The molecule has 4 rings (SSSR count). The van der Waals surface area contributed by atoms with Crippen molar-refractivity contribution < 1.29 is 13.2 Å². The van der Waals surface area contributed by atoms with Crippen LogP contribution in [0.5, 0.6) is 0 Å². The van der Waals surface area contributed by atoms with Crippen molar-refractivity contribution >= 4 is 43.4 Å². The molecule has 0 unspecified atom stereocenters. The van der Waals surface area contributed by atoms with Gasteiger partial charge in [-0.15, -0.1) is 10.2 Å². The summed E-state index contributed by atoms with van der Waals surface area (Å²) in [7, 11) is -3.56. The summed E-state index contributed by atoms with van der Waals surface area (Å²) in [5.74, 6) is 0. The van der Waals surface area contributed by atoms with Gasteiger partial charge in [0.05, 0.1) is 4.90 Å². The molecule has 1 aromatic heterocycles. The third-order valence-electron chi connectivity index (χ3n) is 4.65. The van der Waals surface area contributed by atoms with Crippen molar-refractivity contribution in [1.29, 1.82) is 0 Å². The van der Waals surface area contributed by atoms with E-state index in [9.17, 15) is 13.2 Å². The molecular formula is C20H20N4O3S3. The second-order valence-electron chi connectivity index (χ2n) is 6.74. The van der Waals surface area contributed by atoms with E-state index in [2.05, 4.69) is 15.5 Å². The summed E-state index contributed by atoms with van der Waals surface area (Å²) >= 11 is 2.24. The summed E-state index contributed by atoms with van der Waals surface area (Å²) in [6.45, 7) is 1.67. The van der Waals surface area contributed by atoms with Crippen LogP contribution in [0.25, 0.3) is 0 Å². The van der Waals surface area contributed by atoms with Gasteiger partial charge in [0, 0.05) is 25.2 Å². The van der Waals surface area contributed by atoms with Crippen molar-refractivity contribution in [3.05, 3.63) is 65.7 Å². The van der Waals surface area contributed by atoms with E-state index in [4.69, 9.17) is 0 Å². The molecule has 0 radical (unpaired) electrons. The molecule has 2 heterocycles. The normalized spacial score (nSPS) is 14.7. The number of anilines is 1. The van der Waals surface area contributed by atoms with E-state index in [1.54, 1.807) is 12.1 Å². The third-order valence-corrected chi connectivity index (χ3v) is 8.39. The molecule has 0 atom stereocenters. The highest BCUT2D eigenvalue weighted by molar-refractivity contribution is 8.15. The number of benzene rings is 2. The van der Waals surface area contributed by atoms with Gasteiger partial charge in [0.15, 0.2) is 4.34 Å². The van der Waals surface area contributed by atoms with Crippen LogP contribution < -0.4 is 5.32 Å². The number of rotatable bonds is 7. The summed E-state index contributed by atoms with van der Waals surface area (Å²) in [5, 5.41) is 11.7. The molecule has 1 saturated heterocycles. The monoisotopic (exact) mass is 460 g/mol. The maximum Gasteiger partial charge on any atom is 0.243 e. The van der Waals surface area contributed by atoms with Crippen molar-refractivity contribution in [2.45, 2.75) is 28.6 Å². The molecule has 7 nitrogen and oxygen atoms in total. The number of nitrogens with one attached hydrogen (secondary N) is 1. The van der Waals surface area contributed by atoms with Gasteiger partial charge in [0.1, 0.15) is 0 Å². The van der Waals surface area contributed by atoms with Crippen LogP contribution >= 0.6 is 23.1 Å². The predicted molar refractivity (Wildman–Crippen MR) is 118 cm³/mol. The predicted octanol–water partition coefficient (Wildman–Crippen LogP) is 3.87. The van der Waals surface area contributed by atoms with Gasteiger partial charge in [-0.1, -0.05) is 53.8 Å². The lowest BCUT2D eigenvalue weighted by Crippen LogP contribution is -2.27. The number of sulfonamides is 1. The Morgan fingerprint density at radius 1 is 1.07 bits per heavy atom. The third kappa shape index (κ3) is 4.89. The topological polar surface area (TPSA) is 92.3 Å². The van der Waals surface area contributed by atoms with Crippen LogP contribution in [0.1, 0.15) is 28.8 Å². The number of carbonyl (C=O) groups excluding carboxylic acids is 1. The second-order valence-corrected chi connectivity index (χ2v) is 10.9. The SMILES string of the molecule is O=C(Sc1nnc(NCc2ccccc2)s1)c1cccc(S(=O)(=O)N2CCCC2)c1. The van der Waals surface area contributed by atoms with Crippen LogP contribution in [-0.4, -0.2) is 41.1 Å². The Morgan fingerprint density at radius 2 is 1.83 bits per heavy atom. The highest BCUT2D eigenvalue weighted by Gasteiger charge is 2.27.